The molecule has 2 aromatic rings. The third-order valence-electron chi connectivity index (χ3n) is 3.65. The van der Waals surface area contributed by atoms with E-state index in [4.69, 9.17) is 11.6 Å². The molecule has 1 N–H and O–H groups in total. The molecule has 0 heterocycles. The van der Waals surface area contributed by atoms with Gasteiger partial charge >= 0.3 is 0 Å². The van der Waals surface area contributed by atoms with Crippen molar-refractivity contribution < 1.29 is 5.11 Å². The minimum atomic E-state index is -0.754. The topological polar surface area (TPSA) is 20.2 Å². The van der Waals surface area contributed by atoms with Gasteiger partial charge in [0.05, 0.1) is 5.60 Å². The van der Waals surface area contributed by atoms with E-state index in [-0.39, 0.29) is 0 Å². The molecule has 0 amide bonds. The maximum Gasteiger partial charge on any atom is 0.0700 e. The highest BCUT2D eigenvalue weighted by Crippen LogP contribution is 2.21. The molecule has 0 aliphatic heterocycles. The zero-order valence-electron chi connectivity index (χ0n) is 12.3. The molecule has 2 rings (SSSR count). The fourth-order valence-electron chi connectivity index (χ4n) is 2.46. The van der Waals surface area contributed by atoms with Crippen LogP contribution in [0.4, 0.5) is 0 Å². The van der Waals surface area contributed by atoms with Gasteiger partial charge in [0.2, 0.25) is 0 Å². The first-order chi connectivity index (χ1) is 9.35. The van der Waals surface area contributed by atoms with Crippen LogP contribution in [-0.2, 0) is 12.8 Å². The van der Waals surface area contributed by atoms with Crippen LogP contribution in [-0.4, -0.2) is 10.7 Å². The number of aryl methyl sites for hydroxylation is 2. The lowest BCUT2D eigenvalue weighted by Gasteiger charge is -2.24. The Labute approximate surface area is 126 Å². The van der Waals surface area contributed by atoms with Crippen LogP contribution in [0.5, 0.6) is 0 Å². The number of rotatable bonds is 4. The number of halogens is 1. The summed E-state index contributed by atoms with van der Waals surface area (Å²) in [5.41, 5.74) is 4.07. The predicted molar refractivity (Wildman–Crippen MR) is 85.4 cm³/mol. The molecular weight excluding hydrogens is 268 g/mol. The van der Waals surface area contributed by atoms with Gasteiger partial charge in [0.1, 0.15) is 0 Å². The van der Waals surface area contributed by atoms with Crippen molar-refractivity contribution in [1.82, 2.24) is 0 Å². The summed E-state index contributed by atoms with van der Waals surface area (Å²) in [6.07, 6.45) is 1.27. The molecule has 0 aromatic heterocycles. The highest BCUT2D eigenvalue weighted by Gasteiger charge is 2.21. The van der Waals surface area contributed by atoms with Crippen LogP contribution in [0.25, 0.3) is 0 Å². The van der Waals surface area contributed by atoms with Crippen molar-refractivity contribution in [2.75, 3.05) is 0 Å². The van der Waals surface area contributed by atoms with Gasteiger partial charge in [-0.25, -0.2) is 0 Å². The van der Waals surface area contributed by atoms with Gasteiger partial charge < -0.3 is 5.11 Å². The first-order valence-corrected chi connectivity index (χ1v) is 7.26. The van der Waals surface area contributed by atoms with Gasteiger partial charge in [-0.2, -0.15) is 0 Å². The Bertz CT molecular complexity index is 585. The monoisotopic (exact) mass is 288 g/mol. The summed E-state index contributed by atoms with van der Waals surface area (Å²) in [4.78, 5) is 0. The minimum absolute atomic E-state index is 0.622. The smallest absolute Gasteiger partial charge is 0.0700 e. The number of hydrogen-bond acceptors (Lipinski definition) is 1. The second-order valence-electron chi connectivity index (χ2n) is 5.90. The minimum Gasteiger partial charge on any atom is -0.389 e. The summed E-state index contributed by atoms with van der Waals surface area (Å²) in [6, 6.07) is 14.0. The molecule has 1 atom stereocenters. The van der Waals surface area contributed by atoms with Gasteiger partial charge in [-0.15, -0.1) is 0 Å². The third-order valence-corrected chi connectivity index (χ3v) is 3.91. The van der Waals surface area contributed by atoms with E-state index in [9.17, 15) is 5.11 Å². The number of hydrogen-bond donors (Lipinski definition) is 1. The molecule has 0 saturated carbocycles. The van der Waals surface area contributed by atoms with Gasteiger partial charge in [0.15, 0.2) is 0 Å². The molecule has 0 saturated heterocycles. The van der Waals surface area contributed by atoms with Gasteiger partial charge in [0, 0.05) is 17.9 Å². The Morgan fingerprint density at radius 1 is 0.900 bits per heavy atom. The Morgan fingerprint density at radius 3 is 2.05 bits per heavy atom. The van der Waals surface area contributed by atoms with Gasteiger partial charge in [-0.3, -0.25) is 0 Å². The van der Waals surface area contributed by atoms with E-state index in [0.29, 0.717) is 12.8 Å². The molecule has 20 heavy (non-hydrogen) atoms. The highest BCUT2D eigenvalue weighted by molar-refractivity contribution is 6.30. The summed E-state index contributed by atoms with van der Waals surface area (Å²) in [5, 5.41) is 11.3. The maximum atomic E-state index is 10.6. The van der Waals surface area contributed by atoms with E-state index in [1.807, 2.05) is 31.2 Å². The summed E-state index contributed by atoms with van der Waals surface area (Å²) in [6.45, 7) is 6.09. The Morgan fingerprint density at radius 2 is 1.45 bits per heavy atom. The molecule has 106 valence electrons. The Kier molecular flexibility index (Phi) is 4.52. The van der Waals surface area contributed by atoms with E-state index in [1.165, 1.54) is 16.7 Å². The van der Waals surface area contributed by atoms with Crippen molar-refractivity contribution in [3.63, 3.8) is 0 Å². The first-order valence-electron chi connectivity index (χ1n) is 6.89. The van der Waals surface area contributed by atoms with Crippen LogP contribution >= 0.6 is 11.6 Å². The number of aliphatic hydroxyl groups is 1. The lowest BCUT2D eigenvalue weighted by Crippen LogP contribution is -2.30. The summed E-state index contributed by atoms with van der Waals surface area (Å²) >= 11 is 5.88. The van der Waals surface area contributed by atoms with Crippen molar-refractivity contribution in [3.05, 3.63) is 69.7 Å². The van der Waals surface area contributed by atoms with E-state index in [2.05, 4.69) is 32.0 Å². The predicted octanol–water partition coefficient (Wildman–Crippen LogP) is 4.49. The molecule has 0 bridgehead atoms. The van der Waals surface area contributed by atoms with Crippen LogP contribution in [0.1, 0.15) is 29.2 Å². The zero-order valence-corrected chi connectivity index (χ0v) is 13.0. The van der Waals surface area contributed by atoms with Crippen molar-refractivity contribution in [3.8, 4) is 0 Å². The largest absolute Gasteiger partial charge is 0.389 e. The van der Waals surface area contributed by atoms with Crippen molar-refractivity contribution >= 4 is 11.6 Å². The van der Waals surface area contributed by atoms with E-state index in [0.717, 1.165) is 10.6 Å². The number of benzene rings is 2. The molecule has 0 spiro atoms. The standard InChI is InChI=1S/C18H21ClO/c1-13-4-5-16(10-14(13)2)12-18(3,20)11-15-6-8-17(19)9-7-15/h4-10,20H,11-12H2,1-3H3. The quantitative estimate of drug-likeness (QED) is 0.879. The van der Waals surface area contributed by atoms with Crippen LogP contribution in [0.15, 0.2) is 42.5 Å². The van der Waals surface area contributed by atoms with Crippen LogP contribution in [0.2, 0.25) is 5.02 Å². The van der Waals surface area contributed by atoms with Crippen molar-refractivity contribution in [1.29, 1.82) is 0 Å². The highest BCUT2D eigenvalue weighted by atomic mass is 35.5. The SMILES string of the molecule is Cc1ccc(CC(C)(O)Cc2ccc(Cl)cc2)cc1C. The third kappa shape index (κ3) is 4.09. The van der Waals surface area contributed by atoms with E-state index < -0.39 is 5.60 Å². The average molecular weight is 289 g/mol. The normalized spacial score (nSPS) is 14.1. The fourth-order valence-corrected chi connectivity index (χ4v) is 2.58. The molecule has 0 radical (unpaired) electrons. The summed E-state index contributed by atoms with van der Waals surface area (Å²) < 4.78 is 0. The lowest BCUT2D eigenvalue weighted by molar-refractivity contribution is 0.0608. The molecule has 0 aliphatic carbocycles. The van der Waals surface area contributed by atoms with E-state index in [1.54, 1.807) is 0 Å². The Hall–Kier alpha value is -1.31. The van der Waals surface area contributed by atoms with Gasteiger partial charge in [-0.05, 0) is 55.2 Å². The van der Waals surface area contributed by atoms with Gasteiger partial charge in [0.25, 0.3) is 0 Å². The molecule has 2 heteroatoms. The van der Waals surface area contributed by atoms with Crippen LogP contribution in [0, 0.1) is 13.8 Å². The first kappa shape index (κ1) is 15.1. The lowest BCUT2D eigenvalue weighted by atomic mass is 9.89. The van der Waals surface area contributed by atoms with E-state index >= 15 is 0 Å². The molecular formula is C18H21ClO. The molecule has 1 nitrogen and oxygen atoms in total. The second-order valence-corrected chi connectivity index (χ2v) is 6.33. The summed E-state index contributed by atoms with van der Waals surface area (Å²) in [5.74, 6) is 0. The van der Waals surface area contributed by atoms with Gasteiger partial charge in [-0.1, -0.05) is 41.9 Å². The average Bonchev–Trinajstić information content (AvgIpc) is 2.36. The van der Waals surface area contributed by atoms with Crippen molar-refractivity contribution in [2.45, 2.75) is 39.2 Å². The zero-order chi connectivity index (χ0) is 14.8. The van der Waals surface area contributed by atoms with Crippen molar-refractivity contribution in [2.24, 2.45) is 0 Å². The summed E-state index contributed by atoms with van der Waals surface area (Å²) in [7, 11) is 0. The Balaban J connectivity index is 2.09. The molecule has 0 fully saturated rings. The van der Waals surface area contributed by atoms with Crippen LogP contribution < -0.4 is 0 Å². The molecule has 0 aliphatic rings. The fraction of sp³-hybridized carbons (Fsp3) is 0.333. The molecule has 2 aromatic carbocycles. The van der Waals surface area contributed by atoms with Crippen LogP contribution in [0.3, 0.4) is 0 Å². The molecule has 1 unspecified atom stereocenters. The second kappa shape index (κ2) is 5.99. The maximum absolute atomic E-state index is 10.6.